The first-order valence-electron chi connectivity index (χ1n) is 6.87. The van der Waals surface area contributed by atoms with Crippen molar-refractivity contribution in [3.8, 4) is 10.6 Å². The number of amides is 1. The smallest absolute Gasteiger partial charge is 0.228 e. The molecule has 1 heterocycles. The number of carbonyl (C=O) groups is 1. The molecule has 0 atom stereocenters. The Morgan fingerprint density at radius 2 is 2.00 bits per heavy atom. The van der Waals surface area contributed by atoms with E-state index in [1.165, 1.54) is 16.9 Å². The molecule has 4 nitrogen and oxygen atoms in total. The number of aromatic nitrogens is 2. The third-order valence-electron chi connectivity index (χ3n) is 3.07. The lowest BCUT2D eigenvalue weighted by Gasteiger charge is -2.17. The van der Waals surface area contributed by atoms with E-state index in [9.17, 15) is 4.79 Å². The van der Waals surface area contributed by atoms with Crippen LogP contribution in [0.3, 0.4) is 0 Å². The summed E-state index contributed by atoms with van der Waals surface area (Å²) in [6.45, 7) is 6.67. The van der Waals surface area contributed by atoms with Gasteiger partial charge in [0.15, 0.2) is 0 Å². The zero-order valence-electron chi connectivity index (χ0n) is 12.1. The number of hydrogen-bond donors (Lipinski definition) is 0. The molecule has 20 heavy (non-hydrogen) atoms. The van der Waals surface area contributed by atoms with E-state index in [0.717, 1.165) is 17.0 Å². The second-order valence-corrected chi connectivity index (χ2v) is 5.56. The van der Waals surface area contributed by atoms with Crippen LogP contribution in [0.25, 0.3) is 10.6 Å². The monoisotopic (exact) mass is 289 g/mol. The Kier molecular flexibility index (Phi) is 4.84. The van der Waals surface area contributed by atoms with Gasteiger partial charge in [0, 0.05) is 18.5 Å². The Hall–Kier alpha value is -1.75. The molecule has 0 radical (unpaired) electrons. The minimum atomic E-state index is 0.0966. The summed E-state index contributed by atoms with van der Waals surface area (Å²) in [6.07, 6.45) is 1.39. The van der Waals surface area contributed by atoms with Gasteiger partial charge in [-0.15, -0.1) is 10.2 Å². The average molecular weight is 289 g/mol. The summed E-state index contributed by atoms with van der Waals surface area (Å²) in [6, 6.07) is 8.08. The van der Waals surface area contributed by atoms with Gasteiger partial charge in [-0.25, -0.2) is 0 Å². The van der Waals surface area contributed by atoms with Crippen LogP contribution in [0.2, 0.25) is 0 Å². The van der Waals surface area contributed by atoms with Crippen molar-refractivity contribution in [2.75, 3.05) is 11.4 Å². The number of aryl methyl sites for hydroxylation is 1. The SMILES string of the molecule is CCCN(C(=O)CC)c1nnc(-c2ccccc2C)s1. The molecule has 0 aliphatic heterocycles. The first-order valence-corrected chi connectivity index (χ1v) is 7.68. The fourth-order valence-electron chi connectivity index (χ4n) is 1.99. The lowest BCUT2D eigenvalue weighted by Crippen LogP contribution is -2.30. The largest absolute Gasteiger partial charge is 0.287 e. The van der Waals surface area contributed by atoms with Crippen molar-refractivity contribution in [2.24, 2.45) is 0 Å². The maximum atomic E-state index is 12.0. The first kappa shape index (κ1) is 14.7. The van der Waals surface area contributed by atoms with Crippen LogP contribution < -0.4 is 4.90 Å². The molecule has 0 saturated heterocycles. The highest BCUT2D eigenvalue weighted by Gasteiger charge is 2.18. The molecule has 0 bridgehead atoms. The molecular weight excluding hydrogens is 270 g/mol. The quantitative estimate of drug-likeness (QED) is 0.843. The normalized spacial score (nSPS) is 10.6. The van der Waals surface area contributed by atoms with Gasteiger partial charge in [0.05, 0.1) is 0 Å². The second kappa shape index (κ2) is 6.61. The molecule has 0 N–H and O–H groups in total. The molecule has 1 aromatic heterocycles. The van der Waals surface area contributed by atoms with Crippen LogP contribution >= 0.6 is 11.3 Å². The summed E-state index contributed by atoms with van der Waals surface area (Å²) < 4.78 is 0. The summed E-state index contributed by atoms with van der Waals surface area (Å²) >= 11 is 1.47. The maximum absolute atomic E-state index is 12.0. The predicted octanol–water partition coefficient (Wildman–Crippen LogP) is 3.67. The summed E-state index contributed by atoms with van der Waals surface area (Å²) in [4.78, 5) is 13.7. The van der Waals surface area contributed by atoms with Gasteiger partial charge in [0.25, 0.3) is 0 Å². The van der Waals surface area contributed by atoms with Gasteiger partial charge >= 0.3 is 0 Å². The average Bonchev–Trinajstić information content (AvgIpc) is 2.93. The van der Waals surface area contributed by atoms with Crippen LogP contribution in [0.4, 0.5) is 5.13 Å². The highest BCUT2D eigenvalue weighted by Crippen LogP contribution is 2.30. The van der Waals surface area contributed by atoms with Gasteiger partial charge in [-0.1, -0.05) is 49.4 Å². The van der Waals surface area contributed by atoms with Crippen LogP contribution in [-0.2, 0) is 4.79 Å². The van der Waals surface area contributed by atoms with Crippen molar-refractivity contribution in [1.29, 1.82) is 0 Å². The molecule has 1 amide bonds. The highest BCUT2D eigenvalue weighted by molar-refractivity contribution is 7.18. The highest BCUT2D eigenvalue weighted by atomic mass is 32.1. The van der Waals surface area contributed by atoms with E-state index in [0.29, 0.717) is 18.1 Å². The molecule has 0 aliphatic rings. The van der Waals surface area contributed by atoms with E-state index in [1.807, 2.05) is 25.1 Å². The number of hydrogen-bond acceptors (Lipinski definition) is 4. The molecule has 5 heteroatoms. The van der Waals surface area contributed by atoms with Crippen LogP contribution in [-0.4, -0.2) is 22.6 Å². The third kappa shape index (κ3) is 3.04. The van der Waals surface area contributed by atoms with E-state index in [4.69, 9.17) is 0 Å². The van der Waals surface area contributed by atoms with Gasteiger partial charge in [-0.05, 0) is 18.9 Å². The fraction of sp³-hybridized carbons (Fsp3) is 0.400. The van der Waals surface area contributed by atoms with Crippen molar-refractivity contribution >= 4 is 22.4 Å². The number of benzene rings is 1. The predicted molar refractivity (Wildman–Crippen MR) is 83.0 cm³/mol. The molecular formula is C15H19N3OS. The second-order valence-electron chi connectivity index (χ2n) is 4.60. The van der Waals surface area contributed by atoms with Crippen LogP contribution in [0.15, 0.2) is 24.3 Å². The summed E-state index contributed by atoms with van der Waals surface area (Å²) in [5.74, 6) is 0.0966. The lowest BCUT2D eigenvalue weighted by molar-refractivity contribution is -0.118. The Bertz CT molecular complexity index is 594. The Morgan fingerprint density at radius 1 is 1.25 bits per heavy atom. The van der Waals surface area contributed by atoms with Gasteiger partial charge in [-0.3, -0.25) is 9.69 Å². The van der Waals surface area contributed by atoms with Crippen molar-refractivity contribution in [2.45, 2.75) is 33.6 Å². The van der Waals surface area contributed by atoms with E-state index < -0.39 is 0 Å². The Labute approximate surface area is 123 Å². The van der Waals surface area contributed by atoms with Crippen LogP contribution in [0.1, 0.15) is 32.3 Å². The van der Waals surface area contributed by atoms with E-state index in [1.54, 1.807) is 4.90 Å². The van der Waals surface area contributed by atoms with Crippen molar-refractivity contribution in [1.82, 2.24) is 10.2 Å². The maximum Gasteiger partial charge on any atom is 0.228 e. The molecule has 106 valence electrons. The van der Waals surface area contributed by atoms with Crippen molar-refractivity contribution in [3.05, 3.63) is 29.8 Å². The molecule has 0 spiro atoms. The number of nitrogens with zero attached hydrogens (tertiary/aromatic N) is 3. The molecule has 0 unspecified atom stereocenters. The number of anilines is 1. The molecule has 2 aromatic rings. The summed E-state index contributed by atoms with van der Waals surface area (Å²) in [5.41, 5.74) is 2.25. The van der Waals surface area contributed by atoms with Crippen molar-refractivity contribution in [3.63, 3.8) is 0 Å². The minimum absolute atomic E-state index is 0.0966. The summed E-state index contributed by atoms with van der Waals surface area (Å²) in [7, 11) is 0. The topological polar surface area (TPSA) is 46.1 Å². The zero-order chi connectivity index (χ0) is 14.5. The molecule has 0 aliphatic carbocycles. The van der Waals surface area contributed by atoms with E-state index >= 15 is 0 Å². The van der Waals surface area contributed by atoms with Gasteiger partial charge < -0.3 is 0 Å². The number of rotatable bonds is 5. The summed E-state index contributed by atoms with van der Waals surface area (Å²) in [5, 5.41) is 9.99. The van der Waals surface area contributed by atoms with Gasteiger partial charge in [0.1, 0.15) is 5.01 Å². The van der Waals surface area contributed by atoms with Crippen molar-refractivity contribution < 1.29 is 4.79 Å². The molecule has 0 saturated carbocycles. The zero-order valence-corrected chi connectivity index (χ0v) is 12.9. The Balaban J connectivity index is 2.32. The standard InChI is InChI=1S/C15H19N3OS/c1-4-10-18(13(19)5-2)15-17-16-14(20-15)12-9-7-6-8-11(12)3/h6-9H,4-5,10H2,1-3H3. The van der Waals surface area contributed by atoms with Crippen LogP contribution in [0, 0.1) is 6.92 Å². The first-order chi connectivity index (χ1) is 9.67. The third-order valence-corrected chi connectivity index (χ3v) is 4.05. The molecule has 2 rings (SSSR count). The molecule has 0 fully saturated rings. The van der Waals surface area contributed by atoms with E-state index in [2.05, 4.69) is 30.1 Å². The lowest BCUT2D eigenvalue weighted by atomic mass is 10.1. The molecule has 1 aromatic carbocycles. The number of carbonyl (C=O) groups excluding carboxylic acids is 1. The van der Waals surface area contributed by atoms with Gasteiger partial charge in [-0.2, -0.15) is 0 Å². The van der Waals surface area contributed by atoms with E-state index in [-0.39, 0.29) is 5.91 Å². The Morgan fingerprint density at radius 3 is 2.65 bits per heavy atom. The van der Waals surface area contributed by atoms with Gasteiger partial charge in [0.2, 0.25) is 11.0 Å². The minimum Gasteiger partial charge on any atom is -0.287 e. The van der Waals surface area contributed by atoms with Crippen LogP contribution in [0.5, 0.6) is 0 Å². The fourth-order valence-corrected chi connectivity index (χ4v) is 2.97.